The van der Waals surface area contributed by atoms with E-state index in [1.54, 1.807) is 0 Å². The topological polar surface area (TPSA) is 72.7 Å². The maximum absolute atomic E-state index is 14.3. The fraction of sp³-hybridized carbons (Fsp3) is 0.235. The molecule has 148 valence electrons. The Bertz CT molecular complexity index is 1160. The van der Waals surface area contributed by atoms with Gasteiger partial charge in [0.05, 0.1) is 23.6 Å². The molecule has 0 bridgehead atoms. The summed E-state index contributed by atoms with van der Waals surface area (Å²) in [5, 5.41) is 3.78. The van der Waals surface area contributed by atoms with Gasteiger partial charge in [-0.2, -0.15) is 13.9 Å². The number of rotatable bonds is 6. The van der Waals surface area contributed by atoms with Crippen LogP contribution in [0.5, 0.6) is 5.75 Å². The molecule has 11 heteroatoms. The minimum atomic E-state index is -4.32. The summed E-state index contributed by atoms with van der Waals surface area (Å²) in [4.78, 5) is -0.331. The quantitative estimate of drug-likeness (QED) is 0.620. The number of fused-ring (bicyclic) bond motifs is 1. The number of hydrogen-bond acceptors (Lipinski definition) is 4. The lowest BCUT2D eigenvalue weighted by Gasteiger charge is -2.10. The van der Waals surface area contributed by atoms with Crippen LogP contribution in [0.15, 0.2) is 41.6 Å². The Morgan fingerprint density at radius 1 is 1.18 bits per heavy atom. The van der Waals surface area contributed by atoms with Crippen molar-refractivity contribution in [2.45, 2.75) is 30.3 Å². The van der Waals surface area contributed by atoms with E-state index in [0.717, 1.165) is 47.9 Å². The van der Waals surface area contributed by atoms with Crippen LogP contribution >= 0.6 is 0 Å². The molecule has 1 aliphatic carbocycles. The molecule has 0 aliphatic heterocycles. The summed E-state index contributed by atoms with van der Waals surface area (Å²) in [6.07, 6.45) is 3.57. The molecule has 0 atom stereocenters. The predicted octanol–water partition coefficient (Wildman–Crippen LogP) is 3.89. The summed E-state index contributed by atoms with van der Waals surface area (Å²) in [5.74, 6) is -1.83. The average molecular weight is 415 g/mol. The third-order valence-corrected chi connectivity index (χ3v) is 5.70. The maximum atomic E-state index is 14.3. The zero-order valence-electron chi connectivity index (χ0n) is 14.1. The van der Waals surface area contributed by atoms with Crippen molar-refractivity contribution in [2.24, 2.45) is 0 Å². The molecular formula is C17H13F4N3O3S. The summed E-state index contributed by atoms with van der Waals surface area (Å²) in [7, 11) is -4.32. The lowest BCUT2D eigenvalue weighted by Crippen LogP contribution is -2.14. The number of hydrogen-bond donors (Lipinski definition) is 1. The van der Waals surface area contributed by atoms with Gasteiger partial charge in [0.2, 0.25) is 0 Å². The summed E-state index contributed by atoms with van der Waals surface area (Å²) < 4.78 is 85.5. The van der Waals surface area contributed by atoms with E-state index < -0.39 is 34.0 Å². The molecule has 1 aromatic carbocycles. The van der Waals surface area contributed by atoms with Gasteiger partial charge in [-0.15, -0.1) is 0 Å². The van der Waals surface area contributed by atoms with Crippen LogP contribution in [0.1, 0.15) is 24.3 Å². The van der Waals surface area contributed by atoms with Gasteiger partial charge in [0.15, 0.2) is 0 Å². The summed E-state index contributed by atoms with van der Waals surface area (Å²) in [6.45, 7) is -3.05. The van der Waals surface area contributed by atoms with Gasteiger partial charge in [0, 0.05) is 6.07 Å². The Morgan fingerprint density at radius 3 is 2.61 bits per heavy atom. The number of nitrogens with zero attached hydrogens (tertiary/aromatic N) is 2. The van der Waals surface area contributed by atoms with Gasteiger partial charge in [-0.25, -0.2) is 21.7 Å². The summed E-state index contributed by atoms with van der Waals surface area (Å²) in [6, 6.07) is 4.16. The van der Waals surface area contributed by atoms with Gasteiger partial charge in [0.25, 0.3) is 10.0 Å². The Balaban J connectivity index is 1.66. The summed E-state index contributed by atoms with van der Waals surface area (Å²) in [5.41, 5.74) is -0.258. The molecule has 1 fully saturated rings. The second-order valence-corrected chi connectivity index (χ2v) is 7.97. The zero-order valence-corrected chi connectivity index (χ0v) is 14.9. The molecule has 28 heavy (non-hydrogen) atoms. The molecule has 1 saturated carbocycles. The van der Waals surface area contributed by atoms with Gasteiger partial charge in [-0.1, -0.05) is 0 Å². The highest BCUT2D eigenvalue weighted by molar-refractivity contribution is 7.93. The Kier molecular flexibility index (Phi) is 4.41. The molecule has 0 spiro atoms. The number of anilines is 1. The van der Waals surface area contributed by atoms with Gasteiger partial charge in [-0.05, 0) is 42.5 Å². The second kappa shape index (κ2) is 6.66. The van der Waals surface area contributed by atoms with Crippen LogP contribution in [0.25, 0.3) is 5.52 Å². The van der Waals surface area contributed by atoms with E-state index in [0.29, 0.717) is 0 Å². The van der Waals surface area contributed by atoms with E-state index in [-0.39, 0.29) is 27.6 Å². The second-order valence-electron chi connectivity index (χ2n) is 6.32. The van der Waals surface area contributed by atoms with E-state index >= 15 is 0 Å². The van der Waals surface area contributed by atoms with Gasteiger partial charge in [-0.3, -0.25) is 4.72 Å². The SMILES string of the molecule is O=S(=O)(Nc1cc(F)c(C2CC2)cc1F)c1cnn2cc(OC(F)F)ccc12. The van der Waals surface area contributed by atoms with Crippen LogP contribution in [0.3, 0.4) is 0 Å². The first kappa shape index (κ1) is 18.5. The highest BCUT2D eigenvalue weighted by Crippen LogP contribution is 2.42. The third-order valence-electron chi connectivity index (χ3n) is 4.32. The first-order valence-corrected chi connectivity index (χ1v) is 9.67. The third kappa shape index (κ3) is 3.49. The van der Waals surface area contributed by atoms with Crippen molar-refractivity contribution in [1.29, 1.82) is 0 Å². The number of pyridine rings is 1. The van der Waals surface area contributed by atoms with Crippen LogP contribution in [0.4, 0.5) is 23.2 Å². The average Bonchev–Trinajstić information content (AvgIpc) is 3.35. The molecule has 0 radical (unpaired) electrons. The van der Waals surface area contributed by atoms with Crippen LogP contribution in [-0.4, -0.2) is 24.6 Å². The highest BCUT2D eigenvalue weighted by atomic mass is 32.2. The van der Waals surface area contributed by atoms with Crippen molar-refractivity contribution in [3.8, 4) is 5.75 Å². The van der Waals surface area contributed by atoms with Crippen molar-refractivity contribution in [3.05, 3.63) is 53.9 Å². The first-order chi connectivity index (χ1) is 13.2. The molecule has 2 aromatic heterocycles. The summed E-state index contributed by atoms with van der Waals surface area (Å²) >= 11 is 0. The van der Waals surface area contributed by atoms with Crippen LogP contribution in [0.2, 0.25) is 0 Å². The molecule has 1 N–H and O–H groups in total. The Morgan fingerprint density at radius 2 is 1.93 bits per heavy atom. The minimum absolute atomic E-state index is 0.0376. The van der Waals surface area contributed by atoms with E-state index in [1.807, 2.05) is 4.72 Å². The largest absolute Gasteiger partial charge is 0.433 e. The molecular weight excluding hydrogens is 402 g/mol. The number of ether oxygens (including phenoxy) is 1. The number of alkyl halides is 2. The van der Waals surface area contributed by atoms with Crippen molar-refractivity contribution in [2.75, 3.05) is 4.72 Å². The molecule has 4 rings (SSSR count). The van der Waals surface area contributed by atoms with Crippen LogP contribution < -0.4 is 9.46 Å². The molecule has 0 amide bonds. The molecule has 6 nitrogen and oxygen atoms in total. The Hall–Kier alpha value is -2.82. The van der Waals surface area contributed by atoms with E-state index in [9.17, 15) is 26.0 Å². The Labute approximate surface area is 156 Å². The standard InChI is InChI=1S/C17H13F4N3O3S/c18-12-6-14(13(19)5-11(12)9-1-2-9)23-28(25,26)16-7-22-24-8-10(27-17(20)21)3-4-15(16)24/h3-9,17,23H,1-2H2. The van der Waals surface area contributed by atoms with Crippen LogP contribution in [0, 0.1) is 11.6 Å². The molecule has 3 aromatic rings. The number of nitrogens with one attached hydrogen (secondary N) is 1. The minimum Gasteiger partial charge on any atom is -0.433 e. The van der Waals surface area contributed by atoms with Crippen molar-refractivity contribution < 1.29 is 30.7 Å². The fourth-order valence-electron chi connectivity index (χ4n) is 2.87. The van der Waals surface area contributed by atoms with Crippen LogP contribution in [-0.2, 0) is 10.0 Å². The van der Waals surface area contributed by atoms with Gasteiger partial charge >= 0.3 is 6.61 Å². The fourth-order valence-corrected chi connectivity index (χ4v) is 4.05. The lowest BCUT2D eigenvalue weighted by molar-refractivity contribution is -0.0501. The number of benzene rings is 1. The highest BCUT2D eigenvalue weighted by Gasteiger charge is 2.29. The van der Waals surface area contributed by atoms with Crippen molar-refractivity contribution in [3.63, 3.8) is 0 Å². The predicted molar refractivity (Wildman–Crippen MR) is 91.0 cm³/mol. The van der Waals surface area contributed by atoms with Crippen molar-refractivity contribution in [1.82, 2.24) is 9.61 Å². The zero-order chi connectivity index (χ0) is 20.1. The van der Waals surface area contributed by atoms with E-state index in [2.05, 4.69) is 9.84 Å². The molecule has 2 heterocycles. The normalized spacial score (nSPS) is 14.6. The van der Waals surface area contributed by atoms with Gasteiger partial charge in [0.1, 0.15) is 22.3 Å². The van der Waals surface area contributed by atoms with E-state index in [1.165, 1.54) is 6.07 Å². The first-order valence-electron chi connectivity index (χ1n) is 8.18. The number of sulfonamides is 1. The molecule has 1 aliphatic rings. The number of halogens is 4. The van der Waals surface area contributed by atoms with E-state index in [4.69, 9.17) is 0 Å². The monoisotopic (exact) mass is 415 g/mol. The smallest absolute Gasteiger partial charge is 0.387 e. The van der Waals surface area contributed by atoms with Crippen molar-refractivity contribution >= 4 is 21.2 Å². The molecule has 0 unspecified atom stereocenters. The molecule has 0 saturated heterocycles. The number of aromatic nitrogens is 2. The lowest BCUT2D eigenvalue weighted by atomic mass is 10.1. The van der Waals surface area contributed by atoms with Gasteiger partial charge < -0.3 is 4.74 Å². The maximum Gasteiger partial charge on any atom is 0.387 e.